The van der Waals surface area contributed by atoms with E-state index in [2.05, 4.69) is 15.4 Å². The van der Waals surface area contributed by atoms with E-state index in [4.69, 9.17) is 27.9 Å². The average Bonchev–Trinajstić information content (AvgIpc) is 3.32. The number of carbonyl (C=O) groups excluding carboxylic acids is 1. The van der Waals surface area contributed by atoms with Crippen LogP contribution in [0.4, 0.5) is 5.69 Å². The summed E-state index contributed by atoms with van der Waals surface area (Å²) in [5.74, 6) is 0.767. The summed E-state index contributed by atoms with van der Waals surface area (Å²) in [6, 6.07) is 18.2. The Morgan fingerprint density at radius 2 is 1.76 bits per heavy atom. The van der Waals surface area contributed by atoms with Crippen molar-refractivity contribution in [3.8, 4) is 22.9 Å². The molecular weight excluding hydrogens is 477 g/mol. The third kappa shape index (κ3) is 5.41. The predicted octanol–water partition coefficient (Wildman–Crippen LogP) is 5.07. The molecule has 1 heterocycles. The van der Waals surface area contributed by atoms with Gasteiger partial charge in [0.05, 0.1) is 15.7 Å². The van der Waals surface area contributed by atoms with Gasteiger partial charge in [0.25, 0.3) is 5.91 Å². The lowest BCUT2D eigenvalue weighted by Gasteiger charge is -2.14. The molecule has 10 heteroatoms. The number of aromatic nitrogens is 3. The van der Waals surface area contributed by atoms with Crippen LogP contribution in [0.2, 0.25) is 10.0 Å². The van der Waals surface area contributed by atoms with Crippen molar-refractivity contribution in [1.29, 1.82) is 0 Å². The normalized spacial score (nSPS) is 10.7. The molecule has 0 spiro atoms. The van der Waals surface area contributed by atoms with Crippen molar-refractivity contribution in [1.82, 2.24) is 20.1 Å². The molecule has 2 N–H and O–H groups in total. The van der Waals surface area contributed by atoms with Gasteiger partial charge in [-0.05, 0) is 42.0 Å². The van der Waals surface area contributed by atoms with Gasteiger partial charge in [-0.25, -0.2) is 9.67 Å². The summed E-state index contributed by atoms with van der Waals surface area (Å²) in [7, 11) is 3.95. The fourth-order valence-electron chi connectivity index (χ4n) is 3.07. The number of aromatic hydroxyl groups is 1. The van der Waals surface area contributed by atoms with Crippen LogP contribution in [0.3, 0.4) is 0 Å². The quantitative estimate of drug-likeness (QED) is 0.370. The van der Waals surface area contributed by atoms with Gasteiger partial charge in [-0.2, -0.15) is 0 Å². The van der Waals surface area contributed by atoms with E-state index < -0.39 is 5.91 Å². The first-order valence-corrected chi connectivity index (χ1v) is 11.0. The Hall–Kier alpha value is -3.75. The Bertz CT molecular complexity index is 1300. The molecule has 0 saturated carbocycles. The van der Waals surface area contributed by atoms with Crippen molar-refractivity contribution in [2.24, 2.45) is 0 Å². The summed E-state index contributed by atoms with van der Waals surface area (Å²) < 4.78 is 7.27. The van der Waals surface area contributed by atoms with Crippen molar-refractivity contribution >= 4 is 34.8 Å². The molecule has 4 rings (SSSR count). The van der Waals surface area contributed by atoms with E-state index in [9.17, 15) is 9.90 Å². The van der Waals surface area contributed by atoms with Crippen molar-refractivity contribution < 1.29 is 14.6 Å². The Labute approximate surface area is 206 Å². The van der Waals surface area contributed by atoms with E-state index in [-0.39, 0.29) is 21.6 Å². The minimum atomic E-state index is -0.435. The number of anilines is 1. The number of hydrogen-bond donors (Lipinski definition) is 2. The number of rotatable bonds is 7. The fraction of sp³-hybridized carbons (Fsp3) is 0.125. The zero-order valence-electron chi connectivity index (χ0n) is 18.4. The Morgan fingerprint density at radius 1 is 1.06 bits per heavy atom. The summed E-state index contributed by atoms with van der Waals surface area (Å²) in [6.07, 6.45) is 1.37. The number of amides is 1. The maximum Gasteiger partial charge on any atom is 0.291 e. The highest BCUT2D eigenvalue weighted by atomic mass is 35.5. The molecule has 8 nitrogen and oxygen atoms in total. The number of nitrogens with zero attached hydrogens (tertiary/aromatic N) is 4. The van der Waals surface area contributed by atoms with Gasteiger partial charge in [0.2, 0.25) is 5.82 Å². The molecule has 0 bridgehead atoms. The van der Waals surface area contributed by atoms with Crippen LogP contribution in [0.1, 0.15) is 16.2 Å². The van der Waals surface area contributed by atoms with Gasteiger partial charge in [0.1, 0.15) is 17.8 Å². The zero-order chi connectivity index (χ0) is 24.2. The van der Waals surface area contributed by atoms with Crippen LogP contribution in [-0.4, -0.2) is 39.9 Å². The second-order valence-electron chi connectivity index (χ2n) is 7.59. The topological polar surface area (TPSA) is 92.5 Å². The van der Waals surface area contributed by atoms with Crippen LogP contribution in [-0.2, 0) is 6.54 Å². The maximum absolute atomic E-state index is 12.5. The van der Waals surface area contributed by atoms with Crippen molar-refractivity contribution in [3.05, 3.63) is 88.4 Å². The highest BCUT2D eigenvalue weighted by molar-refractivity contribution is 6.37. The molecule has 3 aromatic carbocycles. The number of phenols is 1. The maximum atomic E-state index is 12.5. The minimum absolute atomic E-state index is 0.0129. The van der Waals surface area contributed by atoms with Gasteiger partial charge in [-0.15, -0.1) is 5.10 Å². The Kier molecular flexibility index (Phi) is 6.90. The number of phenolic OH excluding ortho intramolecular Hbond substituents is 1. The highest BCUT2D eigenvalue weighted by Gasteiger charge is 2.14. The monoisotopic (exact) mass is 497 g/mol. The molecule has 0 radical (unpaired) electrons. The number of ether oxygens (including phenoxy) is 1. The van der Waals surface area contributed by atoms with Gasteiger partial charge < -0.3 is 20.1 Å². The number of nitrogens with one attached hydrogen (secondary N) is 1. The second-order valence-corrected chi connectivity index (χ2v) is 8.41. The van der Waals surface area contributed by atoms with E-state index >= 15 is 0 Å². The first kappa shape index (κ1) is 23.4. The summed E-state index contributed by atoms with van der Waals surface area (Å²) in [5, 5.41) is 16.8. The first-order chi connectivity index (χ1) is 16.3. The summed E-state index contributed by atoms with van der Waals surface area (Å²) in [6.45, 7) is 0.292. The van der Waals surface area contributed by atoms with E-state index in [1.54, 1.807) is 0 Å². The van der Waals surface area contributed by atoms with E-state index in [0.29, 0.717) is 18.0 Å². The second kappa shape index (κ2) is 10.0. The van der Waals surface area contributed by atoms with Gasteiger partial charge in [0.15, 0.2) is 5.75 Å². The molecule has 1 amide bonds. The Morgan fingerprint density at radius 3 is 2.44 bits per heavy atom. The number of hydrogen-bond acceptors (Lipinski definition) is 6. The van der Waals surface area contributed by atoms with Gasteiger partial charge in [-0.1, -0.05) is 41.4 Å². The molecule has 0 unspecified atom stereocenters. The van der Waals surface area contributed by atoms with Gasteiger partial charge in [0, 0.05) is 32.4 Å². The lowest BCUT2D eigenvalue weighted by molar-refractivity contribution is 0.0940. The minimum Gasteiger partial charge on any atom is -0.505 e. The van der Waals surface area contributed by atoms with Crippen molar-refractivity contribution in [2.75, 3.05) is 19.0 Å². The third-order valence-corrected chi connectivity index (χ3v) is 5.48. The van der Waals surface area contributed by atoms with Gasteiger partial charge >= 0.3 is 0 Å². The summed E-state index contributed by atoms with van der Waals surface area (Å²) in [4.78, 5) is 18.5. The molecule has 4 aromatic rings. The molecule has 0 aliphatic rings. The van der Waals surface area contributed by atoms with Crippen LogP contribution < -0.4 is 15.0 Å². The molecule has 0 aliphatic heterocycles. The number of halogens is 2. The van der Waals surface area contributed by atoms with Crippen LogP contribution >= 0.6 is 23.2 Å². The van der Waals surface area contributed by atoms with E-state index in [1.165, 1.54) is 23.1 Å². The molecular formula is C24H21Cl2N5O3. The lowest BCUT2D eigenvalue weighted by Crippen LogP contribution is -2.24. The highest BCUT2D eigenvalue weighted by Crippen LogP contribution is 2.33. The standard InChI is InChI=1S/C24H21Cl2N5O3/c1-30(2)16-4-3-5-19(10-16)34-18-8-6-15(7-9-18)13-27-24(33)23-28-14-31(29-23)17-11-20(25)22(32)21(26)12-17/h3-12,14,32H,13H2,1-2H3,(H,27,33). The predicted molar refractivity (Wildman–Crippen MR) is 131 cm³/mol. The van der Waals surface area contributed by atoms with Crippen molar-refractivity contribution in [3.63, 3.8) is 0 Å². The molecule has 174 valence electrons. The number of carbonyl (C=O) groups is 1. The molecule has 0 saturated heterocycles. The van der Waals surface area contributed by atoms with Crippen LogP contribution in [0.15, 0.2) is 67.0 Å². The van der Waals surface area contributed by atoms with E-state index in [1.807, 2.05) is 67.5 Å². The van der Waals surface area contributed by atoms with Crippen LogP contribution in [0.5, 0.6) is 17.2 Å². The van der Waals surface area contributed by atoms with Crippen molar-refractivity contribution in [2.45, 2.75) is 6.54 Å². The average molecular weight is 498 g/mol. The summed E-state index contributed by atoms with van der Waals surface area (Å²) >= 11 is 11.9. The first-order valence-electron chi connectivity index (χ1n) is 10.2. The largest absolute Gasteiger partial charge is 0.505 e. The number of benzene rings is 3. The smallest absolute Gasteiger partial charge is 0.291 e. The SMILES string of the molecule is CN(C)c1cccc(Oc2ccc(CNC(=O)c3ncn(-c4cc(Cl)c(O)c(Cl)c4)n3)cc2)c1. The van der Waals surface area contributed by atoms with Crippen LogP contribution in [0.25, 0.3) is 5.69 Å². The Balaban J connectivity index is 1.36. The molecule has 34 heavy (non-hydrogen) atoms. The molecule has 0 aliphatic carbocycles. The lowest BCUT2D eigenvalue weighted by atomic mass is 10.2. The summed E-state index contributed by atoms with van der Waals surface area (Å²) in [5.41, 5.74) is 2.40. The third-order valence-electron chi connectivity index (χ3n) is 4.91. The van der Waals surface area contributed by atoms with Crippen LogP contribution in [0, 0.1) is 0 Å². The molecule has 0 fully saturated rings. The van der Waals surface area contributed by atoms with Gasteiger partial charge in [-0.3, -0.25) is 4.79 Å². The van der Waals surface area contributed by atoms with E-state index in [0.717, 1.165) is 17.0 Å². The zero-order valence-corrected chi connectivity index (χ0v) is 19.9. The molecule has 1 aromatic heterocycles. The fourth-order valence-corrected chi connectivity index (χ4v) is 3.55. The molecule has 0 atom stereocenters.